The second kappa shape index (κ2) is 1.87. The molecule has 0 saturated heterocycles. The number of carbonyl (C=O) groups is 1. The second-order valence-corrected chi connectivity index (χ2v) is 1.89. The molecule has 1 saturated carbocycles. The van der Waals surface area contributed by atoms with E-state index >= 15 is 0 Å². The molecule has 1 rings (SSSR count). The van der Waals surface area contributed by atoms with Crippen molar-refractivity contribution in [2.24, 2.45) is 0 Å². The van der Waals surface area contributed by atoms with Gasteiger partial charge in [0.05, 0.1) is 0 Å². The monoisotopic (exact) mass is 109 g/mol. The Labute approximate surface area is 48.3 Å². The van der Waals surface area contributed by atoms with Gasteiger partial charge in [0.2, 0.25) is 0 Å². The highest BCUT2D eigenvalue weighted by molar-refractivity contribution is 5.93. The molecule has 1 N–H and O–H groups in total. The first-order valence-electron chi connectivity index (χ1n) is 2.60. The molecular formula is C6H7NO. The normalized spacial score (nSPS) is 16.9. The van der Waals surface area contributed by atoms with Gasteiger partial charge >= 0.3 is 0 Å². The SMILES string of the molecule is C#CC(=O)NC1CC1. The third-order valence-electron chi connectivity index (χ3n) is 1.04. The van der Waals surface area contributed by atoms with E-state index in [0.29, 0.717) is 6.04 Å². The summed E-state index contributed by atoms with van der Waals surface area (Å²) < 4.78 is 0. The van der Waals surface area contributed by atoms with Gasteiger partial charge in [0.1, 0.15) is 0 Å². The lowest BCUT2D eigenvalue weighted by molar-refractivity contribution is -0.115. The Morgan fingerprint density at radius 2 is 2.38 bits per heavy atom. The molecular weight excluding hydrogens is 102 g/mol. The summed E-state index contributed by atoms with van der Waals surface area (Å²) >= 11 is 0. The lowest BCUT2D eigenvalue weighted by atomic mass is 10.6. The first-order chi connectivity index (χ1) is 3.83. The highest BCUT2D eigenvalue weighted by Crippen LogP contribution is 2.17. The summed E-state index contributed by atoms with van der Waals surface area (Å²) in [5, 5.41) is 2.63. The van der Waals surface area contributed by atoms with E-state index in [0.717, 1.165) is 12.8 Å². The van der Waals surface area contributed by atoms with Crippen molar-refractivity contribution in [3.63, 3.8) is 0 Å². The largest absolute Gasteiger partial charge is 0.343 e. The number of nitrogens with one attached hydrogen (secondary N) is 1. The molecule has 0 aromatic rings. The Balaban J connectivity index is 2.19. The molecule has 0 unspecified atom stereocenters. The molecule has 0 heterocycles. The fourth-order valence-electron chi connectivity index (χ4n) is 0.455. The number of rotatable bonds is 1. The minimum absolute atomic E-state index is 0.285. The van der Waals surface area contributed by atoms with Crippen LogP contribution in [0.15, 0.2) is 0 Å². The smallest absolute Gasteiger partial charge is 0.295 e. The average Bonchev–Trinajstić information content (AvgIpc) is 2.50. The predicted molar refractivity (Wildman–Crippen MR) is 30.0 cm³/mol. The molecule has 0 radical (unpaired) electrons. The summed E-state index contributed by atoms with van der Waals surface area (Å²) in [5.41, 5.74) is 0. The van der Waals surface area contributed by atoms with Crippen molar-refractivity contribution in [2.45, 2.75) is 18.9 Å². The summed E-state index contributed by atoms with van der Waals surface area (Å²) in [5.74, 6) is 1.70. The van der Waals surface area contributed by atoms with Gasteiger partial charge in [0, 0.05) is 6.04 Å². The van der Waals surface area contributed by atoms with Crippen molar-refractivity contribution in [2.75, 3.05) is 0 Å². The summed E-state index contributed by atoms with van der Waals surface area (Å²) in [7, 11) is 0. The molecule has 42 valence electrons. The van der Waals surface area contributed by atoms with Crippen LogP contribution in [0.5, 0.6) is 0 Å². The molecule has 0 bridgehead atoms. The topological polar surface area (TPSA) is 29.1 Å². The van der Waals surface area contributed by atoms with Crippen LogP contribution in [0, 0.1) is 12.3 Å². The van der Waals surface area contributed by atoms with Gasteiger partial charge in [-0.05, 0) is 18.8 Å². The first kappa shape index (κ1) is 5.17. The summed E-state index contributed by atoms with van der Waals surface area (Å²) in [6.45, 7) is 0. The fourth-order valence-corrected chi connectivity index (χ4v) is 0.455. The van der Waals surface area contributed by atoms with E-state index in [1.165, 1.54) is 0 Å². The van der Waals surface area contributed by atoms with Gasteiger partial charge in [-0.15, -0.1) is 6.42 Å². The third kappa shape index (κ3) is 1.27. The maximum absolute atomic E-state index is 10.3. The molecule has 1 aliphatic rings. The van der Waals surface area contributed by atoms with Crippen molar-refractivity contribution in [1.29, 1.82) is 0 Å². The summed E-state index contributed by atoms with van der Waals surface area (Å²) in [6.07, 6.45) is 6.97. The Morgan fingerprint density at radius 1 is 1.75 bits per heavy atom. The molecule has 8 heavy (non-hydrogen) atoms. The van der Waals surface area contributed by atoms with Crippen LogP contribution in [0.25, 0.3) is 0 Å². The van der Waals surface area contributed by atoms with Crippen LogP contribution >= 0.6 is 0 Å². The van der Waals surface area contributed by atoms with E-state index in [9.17, 15) is 4.79 Å². The lowest BCUT2D eigenvalue weighted by Gasteiger charge is -1.91. The van der Waals surface area contributed by atoms with E-state index in [2.05, 4.69) is 5.32 Å². The van der Waals surface area contributed by atoms with Crippen molar-refractivity contribution < 1.29 is 4.79 Å². The lowest BCUT2D eigenvalue weighted by Crippen LogP contribution is -2.23. The van der Waals surface area contributed by atoms with Crippen LogP contribution in [0.4, 0.5) is 0 Å². The van der Waals surface area contributed by atoms with E-state index in [1.807, 2.05) is 5.92 Å². The number of hydrogen-bond acceptors (Lipinski definition) is 1. The summed E-state index contributed by atoms with van der Waals surface area (Å²) in [6, 6.07) is 0.388. The Kier molecular flexibility index (Phi) is 1.21. The number of carbonyl (C=O) groups excluding carboxylic acids is 1. The Hall–Kier alpha value is -0.970. The van der Waals surface area contributed by atoms with Gasteiger partial charge in [-0.2, -0.15) is 0 Å². The van der Waals surface area contributed by atoms with Crippen LogP contribution in [-0.2, 0) is 4.79 Å². The fraction of sp³-hybridized carbons (Fsp3) is 0.500. The van der Waals surface area contributed by atoms with Crippen LogP contribution in [0.1, 0.15) is 12.8 Å². The van der Waals surface area contributed by atoms with E-state index in [4.69, 9.17) is 6.42 Å². The van der Waals surface area contributed by atoms with Crippen molar-refractivity contribution in [1.82, 2.24) is 5.32 Å². The van der Waals surface area contributed by atoms with Crippen LogP contribution < -0.4 is 5.32 Å². The first-order valence-corrected chi connectivity index (χ1v) is 2.60. The molecule has 2 nitrogen and oxygen atoms in total. The van der Waals surface area contributed by atoms with E-state index < -0.39 is 0 Å². The minimum Gasteiger partial charge on any atom is -0.343 e. The van der Waals surface area contributed by atoms with Crippen LogP contribution in [0.3, 0.4) is 0 Å². The second-order valence-electron chi connectivity index (χ2n) is 1.89. The van der Waals surface area contributed by atoms with Gasteiger partial charge in [0.15, 0.2) is 0 Å². The van der Waals surface area contributed by atoms with Gasteiger partial charge in [0.25, 0.3) is 5.91 Å². The molecule has 0 atom stereocenters. The van der Waals surface area contributed by atoms with Crippen molar-refractivity contribution in [3.8, 4) is 12.3 Å². The zero-order chi connectivity index (χ0) is 5.98. The molecule has 2 heteroatoms. The highest BCUT2D eigenvalue weighted by Gasteiger charge is 2.21. The molecule has 0 aromatic heterocycles. The number of amides is 1. The Morgan fingerprint density at radius 3 is 2.75 bits per heavy atom. The van der Waals surface area contributed by atoms with Crippen LogP contribution in [0.2, 0.25) is 0 Å². The van der Waals surface area contributed by atoms with Crippen LogP contribution in [-0.4, -0.2) is 11.9 Å². The average molecular weight is 109 g/mol. The van der Waals surface area contributed by atoms with Crippen molar-refractivity contribution in [3.05, 3.63) is 0 Å². The zero-order valence-corrected chi connectivity index (χ0v) is 4.48. The molecule has 0 spiro atoms. The minimum atomic E-state index is -0.285. The maximum Gasteiger partial charge on any atom is 0.295 e. The van der Waals surface area contributed by atoms with Gasteiger partial charge in [-0.3, -0.25) is 4.79 Å². The number of terminal acetylenes is 1. The van der Waals surface area contributed by atoms with Crippen molar-refractivity contribution >= 4 is 5.91 Å². The molecule has 1 aliphatic carbocycles. The molecule has 1 fully saturated rings. The molecule has 0 aliphatic heterocycles. The molecule has 1 amide bonds. The van der Waals surface area contributed by atoms with Gasteiger partial charge in [-0.1, -0.05) is 0 Å². The Bertz CT molecular complexity index is 141. The van der Waals surface area contributed by atoms with E-state index in [1.54, 1.807) is 0 Å². The van der Waals surface area contributed by atoms with Gasteiger partial charge < -0.3 is 5.32 Å². The third-order valence-corrected chi connectivity index (χ3v) is 1.04. The van der Waals surface area contributed by atoms with E-state index in [-0.39, 0.29) is 5.91 Å². The highest BCUT2D eigenvalue weighted by atomic mass is 16.1. The van der Waals surface area contributed by atoms with Gasteiger partial charge in [-0.25, -0.2) is 0 Å². The number of hydrogen-bond donors (Lipinski definition) is 1. The zero-order valence-electron chi connectivity index (χ0n) is 4.48. The maximum atomic E-state index is 10.3. The standard InChI is InChI=1S/C6H7NO/c1-2-6(8)7-5-3-4-5/h1,5H,3-4H2,(H,7,8). The quantitative estimate of drug-likeness (QED) is 0.468. The summed E-state index contributed by atoms with van der Waals surface area (Å²) in [4.78, 5) is 10.3. The predicted octanol–water partition coefficient (Wildman–Crippen LogP) is -0.102. The molecule has 0 aromatic carbocycles.